The maximum atomic E-state index is 12.1. The predicted octanol–water partition coefficient (Wildman–Crippen LogP) is 2.28. The second kappa shape index (κ2) is 8.14. The van der Waals surface area contributed by atoms with E-state index in [9.17, 15) is 9.59 Å². The van der Waals surface area contributed by atoms with E-state index in [0.29, 0.717) is 12.3 Å². The standard InChI is InChI=1S/C17H18N2O3S/c1-19(11-15-3-2-10-23-15)17(21)9-6-13-4-7-14(8-5-13)22-12-16(18)20/h2-10H,11-12H2,1H3,(H2,18,20)/b9-6+. The molecule has 6 heteroatoms. The molecule has 0 spiro atoms. The monoisotopic (exact) mass is 330 g/mol. The van der Waals surface area contributed by atoms with Crippen LogP contribution in [0.2, 0.25) is 0 Å². The maximum absolute atomic E-state index is 12.1. The highest BCUT2D eigenvalue weighted by atomic mass is 32.1. The fraction of sp³-hybridized carbons (Fsp3) is 0.176. The van der Waals surface area contributed by atoms with Crippen LogP contribution in [0.25, 0.3) is 6.08 Å². The number of likely N-dealkylation sites (N-methyl/N-ethyl adjacent to an activating group) is 1. The van der Waals surface area contributed by atoms with Crippen LogP contribution >= 0.6 is 11.3 Å². The van der Waals surface area contributed by atoms with Crippen molar-refractivity contribution in [3.8, 4) is 5.75 Å². The zero-order valence-corrected chi connectivity index (χ0v) is 13.6. The van der Waals surface area contributed by atoms with Crippen molar-refractivity contribution in [2.24, 2.45) is 5.73 Å². The molecule has 0 atom stereocenters. The van der Waals surface area contributed by atoms with Crippen molar-refractivity contribution < 1.29 is 14.3 Å². The van der Waals surface area contributed by atoms with Gasteiger partial charge in [-0.15, -0.1) is 11.3 Å². The molecule has 5 nitrogen and oxygen atoms in total. The van der Waals surface area contributed by atoms with E-state index in [-0.39, 0.29) is 12.5 Å². The summed E-state index contributed by atoms with van der Waals surface area (Å²) >= 11 is 1.63. The molecule has 1 aromatic heterocycles. The zero-order chi connectivity index (χ0) is 16.7. The van der Waals surface area contributed by atoms with Crippen LogP contribution < -0.4 is 10.5 Å². The normalized spacial score (nSPS) is 10.7. The molecular formula is C17H18N2O3S. The molecule has 1 heterocycles. The van der Waals surface area contributed by atoms with Crippen LogP contribution in [-0.4, -0.2) is 30.4 Å². The quantitative estimate of drug-likeness (QED) is 0.792. The second-order valence-corrected chi connectivity index (χ2v) is 5.96. The van der Waals surface area contributed by atoms with Gasteiger partial charge in [0.15, 0.2) is 6.61 Å². The number of hydrogen-bond donors (Lipinski definition) is 1. The third-order valence-corrected chi connectivity index (χ3v) is 3.89. The average molecular weight is 330 g/mol. The Hall–Kier alpha value is -2.60. The first-order valence-electron chi connectivity index (χ1n) is 7.01. The lowest BCUT2D eigenvalue weighted by atomic mass is 10.2. The van der Waals surface area contributed by atoms with Gasteiger partial charge in [0.05, 0.1) is 6.54 Å². The fourth-order valence-electron chi connectivity index (χ4n) is 1.84. The highest BCUT2D eigenvalue weighted by Gasteiger charge is 2.06. The van der Waals surface area contributed by atoms with Gasteiger partial charge in [-0.25, -0.2) is 0 Å². The molecule has 0 unspecified atom stereocenters. The van der Waals surface area contributed by atoms with E-state index in [1.54, 1.807) is 53.6 Å². The van der Waals surface area contributed by atoms with Crippen LogP contribution in [0.1, 0.15) is 10.4 Å². The van der Waals surface area contributed by atoms with Crippen LogP contribution in [0.4, 0.5) is 0 Å². The van der Waals surface area contributed by atoms with Gasteiger partial charge in [-0.1, -0.05) is 18.2 Å². The SMILES string of the molecule is CN(Cc1cccs1)C(=O)/C=C/c1ccc(OCC(N)=O)cc1. The number of hydrogen-bond acceptors (Lipinski definition) is 4. The van der Waals surface area contributed by atoms with Gasteiger partial charge >= 0.3 is 0 Å². The summed E-state index contributed by atoms with van der Waals surface area (Å²) < 4.78 is 5.17. The Bertz CT molecular complexity index is 678. The summed E-state index contributed by atoms with van der Waals surface area (Å²) in [5.41, 5.74) is 5.88. The Kier molecular flexibility index (Phi) is 5.94. The Balaban J connectivity index is 1.88. The highest BCUT2D eigenvalue weighted by Crippen LogP contribution is 2.14. The van der Waals surface area contributed by atoms with E-state index in [0.717, 1.165) is 10.4 Å². The second-order valence-electron chi connectivity index (χ2n) is 4.93. The lowest BCUT2D eigenvalue weighted by molar-refractivity contribution is -0.125. The summed E-state index contributed by atoms with van der Waals surface area (Å²) in [5.74, 6) is -0.0251. The van der Waals surface area contributed by atoms with Crippen LogP contribution in [0.5, 0.6) is 5.75 Å². The fourth-order valence-corrected chi connectivity index (χ4v) is 2.60. The summed E-state index contributed by atoms with van der Waals surface area (Å²) in [6.07, 6.45) is 3.28. The molecule has 2 aromatic rings. The van der Waals surface area contributed by atoms with Crippen molar-refractivity contribution in [1.29, 1.82) is 0 Å². The molecule has 2 rings (SSSR count). The minimum absolute atomic E-state index is 0.0625. The van der Waals surface area contributed by atoms with Crippen LogP contribution in [0.3, 0.4) is 0 Å². The van der Waals surface area contributed by atoms with Gasteiger partial charge in [-0.3, -0.25) is 9.59 Å². The first-order chi connectivity index (χ1) is 11.0. The van der Waals surface area contributed by atoms with Gasteiger partial charge in [0.2, 0.25) is 5.91 Å². The first-order valence-corrected chi connectivity index (χ1v) is 7.89. The number of benzene rings is 1. The molecule has 2 amide bonds. The molecule has 0 radical (unpaired) electrons. The molecular weight excluding hydrogens is 312 g/mol. The van der Waals surface area contributed by atoms with Crippen molar-refractivity contribution in [2.45, 2.75) is 6.54 Å². The van der Waals surface area contributed by atoms with Gasteiger partial charge < -0.3 is 15.4 Å². The van der Waals surface area contributed by atoms with Crippen LogP contribution in [-0.2, 0) is 16.1 Å². The van der Waals surface area contributed by atoms with Crippen LogP contribution in [0.15, 0.2) is 47.9 Å². The van der Waals surface area contributed by atoms with E-state index in [4.69, 9.17) is 10.5 Å². The van der Waals surface area contributed by atoms with E-state index in [1.807, 2.05) is 17.5 Å². The Morgan fingerprint density at radius 3 is 2.61 bits per heavy atom. The third-order valence-electron chi connectivity index (χ3n) is 3.03. The number of nitrogens with two attached hydrogens (primary N) is 1. The van der Waals surface area contributed by atoms with E-state index >= 15 is 0 Å². The highest BCUT2D eigenvalue weighted by molar-refractivity contribution is 7.09. The van der Waals surface area contributed by atoms with Gasteiger partial charge in [0.25, 0.3) is 5.91 Å². The van der Waals surface area contributed by atoms with Crippen molar-refractivity contribution >= 4 is 29.2 Å². The number of carbonyl (C=O) groups is 2. The Morgan fingerprint density at radius 1 is 1.26 bits per heavy atom. The number of primary amides is 1. The minimum atomic E-state index is -0.520. The number of rotatable bonds is 7. The van der Waals surface area contributed by atoms with E-state index < -0.39 is 5.91 Å². The Labute approximate surface area is 139 Å². The number of nitrogens with zero attached hydrogens (tertiary/aromatic N) is 1. The molecule has 0 bridgehead atoms. The van der Waals surface area contributed by atoms with Gasteiger partial charge in [-0.2, -0.15) is 0 Å². The predicted molar refractivity (Wildman–Crippen MR) is 91.0 cm³/mol. The van der Waals surface area contributed by atoms with Crippen molar-refractivity contribution in [2.75, 3.05) is 13.7 Å². The molecule has 120 valence electrons. The van der Waals surface area contributed by atoms with Crippen molar-refractivity contribution in [3.63, 3.8) is 0 Å². The maximum Gasteiger partial charge on any atom is 0.255 e. The number of amides is 2. The smallest absolute Gasteiger partial charge is 0.255 e. The number of thiophene rings is 1. The molecule has 2 N–H and O–H groups in total. The van der Waals surface area contributed by atoms with Crippen LogP contribution in [0, 0.1) is 0 Å². The molecule has 23 heavy (non-hydrogen) atoms. The molecule has 0 aliphatic rings. The number of ether oxygens (including phenoxy) is 1. The lowest BCUT2D eigenvalue weighted by Crippen LogP contribution is -2.23. The topological polar surface area (TPSA) is 72.6 Å². The molecule has 0 saturated carbocycles. The summed E-state index contributed by atoms with van der Waals surface area (Å²) in [6, 6.07) is 11.0. The third kappa shape index (κ3) is 5.60. The van der Waals surface area contributed by atoms with E-state index in [1.165, 1.54) is 6.08 Å². The van der Waals surface area contributed by atoms with Gasteiger partial charge in [0.1, 0.15) is 5.75 Å². The molecule has 0 aliphatic carbocycles. The molecule has 0 fully saturated rings. The zero-order valence-electron chi connectivity index (χ0n) is 12.8. The number of carbonyl (C=O) groups excluding carboxylic acids is 2. The molecule has 0 saturated heterocycles. The Morgan fingerprint density at radius 2 is 2.00 bits per heavy atom. The summed E-state index contributed by atoms with van der Waals surface area (Å²) in [5, 5.41) is 1.99. The van der Waals surface area contributed by atoms with Crippen molar-refractivity contribution in [3.05, 3.63) is 58.3 Å². The van der Waals surface area contributed by atoms with Gasteiger partial charge in [0, 0.05) is 18.0 Å². The van der Waals surface area contributed by atoms with Gasteiger partial charge in [-0.05, 0) is 35.2 Å². The summed E-state index contributed by atoms with van der Waals surface area (Å²) in [6.45, 7) is 0.446. The molecule has 0 aliphatic heterocycles. The average Bonchev–Trinajstić information content (AvgIpc) is 3.04. The minimum Gasteiger partial charge on any atom is -0.484 e. The largest absolute Gasteiger partial charge is 0.484 e. The summed E-state index contributed by atoms with van der Waals surface area (Å²) in [7, 11) is 1.77. The first kappa shape index (κ1) is 16.8. The van der Waals surface area contributed by atoms with E-state index in [2.05, 4.69) is 0 Å². The van der Waals surface area contributed by atoms with Crippen molar-refractivity contribution in [1.82, 2.24) is 4.90 Å². The summed E-state index contributed by atoms with van der Waals surface area (Å²) in [4.78, 5) is 25.5. The molecule has 1 aromatic carbocycles. The lowest BCUT2D eigenvalue weighted by Gasteiger charge is -2.13.